The Balaban J connectivity index is 3.06. The normalized spacial score (nSPS) is 10.9. The second-order valence-electron chi connectivity index (χ2n) is 3.95. The monoisotopic (exact) mass is 302 g/mol. The number of rotatable bonds is 5. The first kappa shape index (κ1) is 16.4. The van der Waals surface area contributed by atoms with Crippen LogP contribution in [-0.4, -0.2) is 11.7 Å². The largest absolute Gasteiger partial charge is 0.416 e. The minimum atomic E-state index is -4.47. The number of hydrogen-bond donors (Lipinski definition) is 1. The Morgan fingerprint density at radius 2 is 2.15 bits per heavy atom. The number of nitrogens with one attached hydrogen (secondary N) is 1. The summed E-state index contributed by atoms with van der Waals surface area (Å²) in [6.45, 7) is 1.80. The van der Waals surface area contributed by atoms with E-state index in [0.717, 1.165) is 23.9 Å². The maximum Gasteiger partial charge on any atom is 0.416 e. The molecule has 1 N–H and O–H groups in total. The highest BCUT2D eigenvalue weighted by atomic mass is 32.2. The van der Waals surface area contributed by atoms with Crippen LogP contribution < -0.4 is 5.32 Å². The van der Waals surface area contributed by atoms with Crippen molar-refractivity contribution in [3.05, 3.63) is 23.8 Å². The lowest BCUT2D eigenvalue weighted by Crippen LogP contribution is -2.13. The van der Waals surface area contributed by atoms with Gasteiger partial charge in [-0.05, 0) is 24.6 Å². The van der Waals surface area contributed by atoms with Crippen LogP contribution in [0.4, 0.5) is 18.9 Å². The zero-order chi connectivity index (χ0) is 15.2. The van der Waals surface area contributed by atoms with Crippen molar-refractivity contribution in [1.29, 1.82) is 5.26 Å². The van der Waals surface area contributed by atoms with Crippen LogP contribution >= 0.6 is 11.8 Å². The van der Waals surface area contributed by atoms with Crippen molar-refractivity contribution in [3.63, 3.8) is 0 Å². The lowest BCUT2D eigenvalue weighted by molar-refractivity contribution is -0.137. The molecule has 0 atom stereocenters. The summed E-state index contributed by atoms with van der Waals surface area (Å²) >= 11 is 1.08. The van der Waals surface area contributed by atoms with Crippen LogP contribution in [0.3, 0.4) is 0 Å². The molecule has 0 fully saturated rings. The molecule has 1 aromatic carbocycles. The predicted octanol–water partition coefficient (Wildman–Crippen LogP) is 4.06. The Bertz CT molecular complexity index is 523. The van der Waals surface area contributed by atoms with E-state index in [1.54, 1.807) is 6.92 Å². The summed E-state index contributed by atoms with van der Waals surface area (Å²) in [5.74, 6) is -0.243. The molecule has 0 heterocycles. The first-order valence-corrected chi connectivity index (χ1v) is 6.88. The third-order valence-corrected chi connectivity index (χ3v) is 3.29. The molecule has 0 aromatic heterocycles. The molecule has 0 spiro atoms. The third kappa shape index (κ3) is 4.78. The number of carbonyl (C=O) groups excluding carboxylic acids is 1. The van der Waals surface area contributed by atoms with E-state index >= 15 is 0 Å². The van der Waals surface area contributed by atoms with E-state index in [-0.39, 0.29) is 23.8 Å². The summed E-state index contributed by atoms with van der Waals surface area (Å²) < 4.78 is 38.0. The number of amides is 1. The smallest absolute Gasteiger partial charge is 0.325 e. The molecule has 7 heteroatoms. The van der Waals surface area contributed by atoms with Gasteiger partial charge in [-0.2, -0.15) is 18.4 Å². The zero-order valence-electron chi connectivity index (χ0n) is 10.8. The molecule has 1 rings (SSSR count). The van der Waals surface area contributed by atoms with Gasteiger partial charge in [0.05, 0.1) is 23.1 Å². The van der Waals surface area contributed by atoms with Gasteiger partial charge in [0.25, 0.3) is 0 Å². The summed E-state index contributed by atoms with van der Waals surface area (Å²) in [6.07, 6.45) is -3.63. The fraction of sp³-hybridized carbons (Fsp3) is 0.385. The maximum absolute atomic E-state index is 12.7. The average molecular weight is 302 g/mol. The Morgan fingerprint density at radius 3 is 2.70 bits per heavy atom. The number of hydrogen-bond acceptors (Lipinski definition) is 3. The van der Waals surface area contributed by atoms with Gasteiger partial charge in [-0.25, -0.2) is 0 Å². The summed E-state index contributed by atoms with van der Waals surface area (Å²) in [6, 6.07) is 5.00. The highest BCUT2D eigenvalue weighted by Gasteiger charge is 2.31. The van der Waals surface area contributed by atoms with E-state index in [0.29, 0.717) is 11.3 Å². The summed E-state index contributed by atoms with van der Waals surface area (Å²) in [5.41, 5.74) is -0.732. The van der Waals surface area contributed by atoms with Gasteiger partial charge in [-0.3, -0.25) is 4.79 Å². The molecule has 0 bridgehead atoms. The topological polar surface area (TPSA) is 52.9 Å². The van der Waals surface area contributed by atoms with Crippen molar-refractivity contribution >= 4 is 23.4 Å². The molecule has 0 saturated heterocycles. The fourth-order valence-electron chi connectivity index (χ4n) is 1.48. The van der Waals surface area contributed by atoms with Gasteiger partial charge in [-0.15, -0.1) is 11.8 Å². The molecule has 0 unspecified atom stereocenters. The third-order valence-electron chi connectivity index (χ3n) is 2.35. The molecule has 0 aliphatic heterocycles. The molecule has 1 amide bonds. The van der Waals surface area contributed by atoms with Crippen LogP contribution in [0.15, 0.2) is 23.1 Å². The Kier molecular flexibility index (Phi) is 5.89. The van der Waals surface area contributed by atoms with Gasteiger partial charge < -0.3 is 5.32 Å². The number of thioether (sulfide) groups is 1. The Hall–Kier alpha value is -1.68. The van der Waals surface area contributed by atoms with Crippen molar-refractivity contribution in [2.75, 3.05) is 11.1 Å². The fourth-order valence-corrected chi connectivity index (χ4v) is 2.13. The van der Waals surface area contributed by atoms with E-state index in [1.807, 2.05) is 6.07 Å². The van der Waals surface area contributed by atoms with Crippen LogP contribution in [0, 0.1) is 11.3 Å². The molecule has 0 aliphatic carbocycles. The van der Waals surface area contributed by atoms with Gasteiger partial charge in [0.1, 0.15) is 0 Å². The maximum atomic E-state index is 12.7. The van der Waals surface area contributed by atoms with Gasteiger partial charge >= 0.3 is 6.18 Å². The van der Waals surface area contributed by atoms with Gasteiger partial charge in [0.2, 0.25) is 5.91 Å². The van der Waals surface area contributed by atoms with E-state index in [2.05, 4.69) is 5.32 Å². The lowest BCUT2D eigenvalue weighted by Gasteiger charge is -2.13. The molecule has 20 heavy (non-hydrogen) atoms. The van der Waals surface area contributed by atoms with Crippen molar-refractivity contribution in [2.45, 2.75) is 30.8 Å². The first-order valence-electron chi connectivity index (χ1n) is 5.89. The Morgan fingerprint density at radius 1 is 1.45 bits per heavy atom. The average Bonchev–Trinajstić information content (AvgIpc) is 2.36. The van der Waals surface area contributed by atoms with Crippen molar-refractivity contribution in [3.8, 4) is 6.07 Å². The zero-order valence-corrected chi connectivity index (χ0v) is 11.6. The minimum Gasteiger partial charge on any atom is -0.325 e. The van der Waals surface area contributed by atoms with E-state index in [9.17, 15) is 18.0 Å². The summed E-state index contributed by atoms with van der Waals surface area (Å²) in [5, 5.41) is 11.0. The second-order valence-corrected chi connectivity index (χ2v) is 4.97. The number of anilines is 1. The number of carbonyl (C=O) groups is 1. The standard InChI is InChI=1S/C13H13F3N2OS/c1-2-3-12(19)18-10-8-9(13(14,15)16)4-5-11(10)20-7-6-17/h4-5,8H,2-3,7H2,1H3,(H,18,19). The number of alkyl halides is 3. The molecule has 3 nitrogen and oxygen atoms in total. The molecule has 0 saturated carbocycles. The molecule has 0 radical (unpaired) electrons. The van der Waals surface area contributed by atoms with E-state index < -0.39 is 11.7 Å². The van der Waals surface area contributed by atoms with Gasteiger partial charge in [0.15, 0.2) is 0 Å². The van der Waals surface area contributed by atoms with Crippen LogP contribution in [0.1, 0.15) is 25.3 Å². The van der Waals surface area contributed by atoms with Crippen molar-refractivity contribution < 1.29 is 18.0 Å². The number of nitriles is 1. The Labute approximate surface area is 119 Å². The quantitative estimate of drug-likeness (QED) is 0.834. The van der Waals surface area contributed by atoms with Crippen molar-refractivity contribution in [2.24, 2.45) is 0 Å². The number of benzene rings is 1. The SMILES string of the molecule is CCCC(=O)Nc1cc(C(F)(F)F)ccc1SCC#N. The predicted molar refractivity (Wildman–Crippen MR) is 71.3 cm³/mol. The summed E-state index contributed by atoms with van der Waals surface area (Å²) in [7, 11) is 0. The van der Waals surface area contributed by atoms with E-state index in [4.69, 9.17) is 5.26 Å². The molecular weight excluding hydrogens is 289 g/mol. The van der Waals surface area contributed by atoms with Crippen LogP contribution in [0.25, 0.3) is 0 Å². The highest BCUT2D eigenvalue weighted by molar-refractivity contribution is 7.99. The minimum absolute atomic E-state index is 0.0959. The highest BCUT2D eigenvalue weighted by Crippen LogP contribution is 2.35. The molecular formula is C13H13F3N2OS. The van der Waals surface area contributed by atoms with E-state index in [1.165, 1.54) is 6.07 Å². The molecule has 1 aromatic rings. The lowest BCUT2D eigenvalue weighted by atomic mass is 10.2. The molecule has 108 valence electrons. The van der Waals surface area contributed by atoms with Crippen LogP contribution in [0.2, 0.25) is 0 Å². The molecule has 0 aliphatic rings. The van der Waals surface area contributed by atoms with Crippen LogP contribution in [-0.2, 0) is 11.0 Å². The summed E-state index contributed by atoms with van der Waals surface area (Å²) in [4.78, 5) is 12.0. The first-order chi connectivity index (χ1) is 9.38. The van der Waals surface area contributed by atoms with Crippen LogP contribution in [0.5, 0.6) is 0 Å². The van der Waals surface area contributed by atoms with Crippen molar-refractivity contribution in [1.82, 2.24) is 0 Å². The number of nitrogens with zero attached hydrogens (tertiary/aromatic N) is 1. The van der Waals surface area contributed by atoms with Gasteiger partial charge in [0, 0.05) is 11.3 Å². The number of halogens is 3. The second kappa shape index (κ2) is 7.20. The van der Waals surface area contributed by atoms with Gasteiger partial charge in [-0.1, -0.05) is 6.92 Å².